The largest absolute Gasteiger partial charge is 0.361 e. The number of likely N-dealkylation sites (N-methyl/N-ethyl adjacent to an activating group) is 2. The number of aromatic nitrogens is 2. The zero-order valence-electron chi connectivity index (χ0n) is 17.0. The second-order valence-corrected chi connectivity index (χ2v) is 7.85. The molecule has 0 aliphatic heterocycles. The number of rotatable bonds is 6. The molecule has 1 aliphatic carbocycles. The van der Waals surface area contributed by atoms with Crippen LogP contribution in [0, 0.1) is 27.7 Å². The van der Waals surface area contributed by atoms with E-state index in [9.17, 15) is 0 Å². The quantitative estimate of drug-likeness (QED) is 0.781. The SMILES string of the molecule is Cc1noc(C)c1CN(C)[C@@H]1CCCC[C@@H]1N(C)Cc1c(C)noc1C. The van der Waals surface area contributed by atoms with Gasteiger partial charge < -0.3 is 9.05 Å². The first-order chi connectivity index (χ1) is 12.4. The van der Waals surface area contributed by atoms with E-state index in [1.807, 2.05) is 27.7 Å². The second-order valence-electron chi connectivity index (χ2n) is 7.85. The van der Waals surface area contributed by atoms with Crippen molar-refractivity contribution in [2.75, 3.05) is 14.1 Å². The number of aryl methyl sites for hydroxylation is 4. The van der Waals surface area contributed by atoms with Crippen LogP contribution in [0.2, 0.25) is 0 Å². The highest BCUT2D eigenvalue weighted by atomic mass is 16.5. The molecule has 0 spiro atoms. The number of hydrogen-bond donors (Lipinski definition) is 0. The molecule has 0 amide bonds. The third-order valence-corrected chi connectivity index (χ3v) is 6.00. The average Bonchev–Trinajstić information content (AvgIpc) is 3.11. The Labute approximate surface area is 156 Å². The van der Waals surface area contributed by atoms with Crippen molar-refractivity contribution < 1.29 is 9.05 Å². The van der Waals surface area contributed by atoms with Crippen LogP contribution in [0.4, 0.5) is 0 Å². The Balaban J connectivity index is 1.72. The van der Waals surface area contributed by atoms with Crippen LogP contribution in [0.1, 0.15) is 59.7 Å². The maximum atomic E-state index is 5.35. The molecule has 2 aromatic heterocycles. The maximum absolute atomic E-state index is 5.35. The summed E-state index contributed by atoms with van der Waals surface area (Å²) in [4.78, 5) is 4.97. The van der Waals surface area contributed by atoms with Crippen LogP contribution < -0.4 is 0 Å². The van der Waals surface area contributed by atoms with E-state index in [-0.39, 0.29) is 0 Å². The molecule has 6 heteroatoms. The summed E-state index contributed by atoms with van der Waals surface area (Å²) in [6.45, 7) is 9.85. The van der Waals surface area contributed by atoms with Crippen molar-refractivity contribution in [2.24, 2.45) is 0 Å². The summed E-state index contributed by atoms with van der Waals surface area (Å²) in [5.41, 5.74) is 4.46. The summed E-state index contributed by atoms with van der Waals surface area (Å²) in [6.07, 6.45) is 5.06. The topological polar surface area (TPSA) is 58.5 Å². The minimum Gasteiger partial charge on any atom is -0.361 e. The lowest BCUT2D eigenvalue weighted by Gasteiger charge is -2.42. The lowest BCUT2D eigenvalue weighted by Crippen LogP contribution is -2.50. The maximum Gasteiger partial charge on any atom is 0.138 e. The fraction of sp³-hybridized carbons (Fsp3) is 0.700. The molecule has 0 radical (unpaired) electrons. The van der Waals surface area contributed by atoms with Crippen LogP contribution in [-0.4, -0.2) is 46.3 Å². The summed E-state index contributed by atoms with van der Waals surface area (Å²) in [5, 5.41) is 8.22. The normalized spacial score (nSPS) is 21.1. The minimum absolute atomic E-state index is 0.530. The summed E-state index contributed by atoms with van der Waals surface area (Å²) in [7, 11) is 4.47. The predicted octanol–water partition coefficient (Wildman–Crippen LogP) is 3.77. The molecule has 2 atom stereocenters. The van der Waals surface area contributed by atoms with Gasteiger partial charge in [0, 0.05) is 36.3 Å². The fourth-order valence-electron chi connectivity index (χ4n) is 4.31. The molecule has 1 saturated carbocycles. The van der Waals surface area contributed by atoms with Crippen LogP contribution in [0.25, 0.3) is 0 Å². The van der Waals surface area contributed by atoms with Gasteiger partial charge in [-0.05, 0) is 54.6 Å². The zero-order valence-corrected chi connectivity index (χ0v) is 17.0. The van der Waals surface area contributed by atoms with Crippen molar-refractivity contribution in [1.82, 2.24) is 20.1 Å². The van der Waals surface area contributed by atoms with Crippen molar-refractivity contribution in [3.05, 3.63) is 34.0 Å². The first-order valence-corrected chi connectivity index (χ1v) is 9.62. The third-order valence-electron chi connectivity index (χ3n) is 6.00. The van der Waals surface area contributed by atoms with Gasteiger partial charge in [-0.2, -0.15) is 0 Å². The Hall–Kier alpha value is -1.66. The molecule has 2 heterocycles. The molecule has 2 aromatic rings. The van der Waals surface area contributed by atoms with Gasteiger partial charge >= 0.3 is 0 Å². The number of hydrogen-bond acceptors (Lipinski definition) is 6. The Morgan fingerprint density at radius 1 is 0.769 bits per heavy atom. The number of nitrogens with zero attached hydrogens (tertiary/aromatic N) is 4. The van der Waals surface area contributed by atoms with Gasteiger partial charge in [0.2, 0.25) is 0 Å². The van der Waals surface area contributed by atoms with E-state index in [0.717, 1.165) is 36.0 Å². The van der Waals surface area contributed by atoms with Crippen molar-refractivity contribution in [3.8, 4) is 0 Å². The van der Waals surface area contributed by atoms with E-state index < -0.39 is 0 Å². The van der Waals surface area contributed by atoms with E-state index >= 15 is 0 Å². The van der Waals surface area contributed by atoms with E-state index in [1.54, 1.807) is 0 Å². The molecule has 0 unspecified atom stereocenters. The molecule has 6 nitrogen and oxygen atoms in total. The third kappa shape index (κ3) is 3.86. The van der Waals surface area contributed by atoms with Crippen molar-refractivity contribution in [2.45, 2.75) is 78.6 Å². The predicted molar refractivity (Wildman–Crippen MR) is 101 cm³/mol. The summed E-state index contributed by atoms with van der Waals surface area (Å²) in [6, 6.07) is 1.06. The lowest BCUT2D eigenvalue weighted by atomic mass is 9.88. The molecule has 1 aliphatic rings. The summed E-state index contributed by atoms with van der Waals surface area (Å²) in [5.74, 6) is 1.87. The highest BCUT2D eigenvalue weighted by Gasteiger charge is 2.32. The van der Waals surface area contributed by atoms with Gasteiger partial charge in [-0.1, -0.05) is 23.2 Å². The Morgan fingerprint density at radius 2 is 1.15 bits per heavy atom. The van der Waals surface area contributed by atoms with E-state index in [1.165, 1.54) is 36.8 Å². The molecule has 26 heavy (non-hydrogen) atoms. The standard InChI is InChI=1S/C20H32N4O2/c1-13-17(15(3)25-21-13)11-23(5)19-9-7-8-10-20(19)24(6)12-18-14(2)22-26-16(18)4/h19-20H,7-12H2,1-6H3/t19-,20+. The van der Waals surface area contributed by atoms with Crippen LogP contribution >= 0.6 is 0 Å². The Morgan fingerprint density at radius 3 is 1.46 bits per heavy atom. The minimum atomic E-state index is 0.530. The molecule has 1 fully saturated rings. The highest BCUT2D eigenvalue weighted by Crippen LogP contribution is 2.29. The lowest BCUT2D eigenvalue weighted by molar-refractivity contribution is 0.0687. The first kappa shape index (κ1) is 19.1. The van der Waals surface area contributed by atoms with Crippen molar-refractivity contribution >= 4 is 0 Å². The molecular weight excluding hydrogens is 328 g/mol. The van der Waals surface area contributed by atoms with E-state index in [2.05, 4.69) is 34.2 Å². The molecule has 3 rings (SSSR count). The van der Waals surface area contributed by atoms with Gasteiger partial charge in [0.1, 0.15) is 11.5 Å². The monoisotopic (exact) mass is 360 g/mol. The summed E-state index contributed by atoms with van der Waals surface area (Å²) < 4.78 is 10.7. The Bertz CT molecular complexity index is 635. The van der Waals surface area contributed by atoms with Gasteiger partial charge in [0.15, 0.2) is 0 Å². The van der Waals surface area contributed by atoms with Crippen LogP contribution in [0.5, 0.6) is 0 Å². The van der Waals surface area contributed by atoms with Gasteiger partial charge in [0.25, 0.3) is 0 Å². The van der Waals surface area contributed by atoms with Crippen molar-refractivity contribution in [3.63, 3.8) is 0 Å². The molecule has 0 saturated heterocycles. The van der Waals surface area contributed by atoms with Crippen LogP contribution in [0.15, 0.2) is 9.05 Å². The van der Waals surface area contributed by atoms with Gasteiger partial charge in [-0.3, -0.25) is 9.80 Å². The first-order valence-electron chi connectivity index (χ1n) is 9.62. The van der Waals surface area contributed by atoms with Gasteiger partial charge in [0.05, 0.1) is 11.4 Å². The van der Waals surface area contributed by atoms with E-state index in [4.69, 9.17) is 9.05 Å². The molecule has 0 N–H and O–H groups in total. The van der Waals surface area contributed by atoms with Crippen LogP contribution in [-0.2, 0) is 13.1 Å². The average molecular weight is 361 g/mol. The fourth-order valence-corrected chi connectivity index (χ4v) is 4.31. The second kappa shape index (κ2) is 7.92. The molecular formula is C20H32N4O2. The molecule has 0 bridgehead atoms. The molecule has 0 aromatic carbocycles. The highest BCUT2D eigenvalue weighted by molar-refractivity contribution is 5.21. The van der Waals surface area contributed by atoms with Gasteiger partial charge in [-0.15, -0.1) is 0 Å². The molecule has 144 valence electrons. The Kier molecular flexibility index (Phi) is 5.82. The van der Waals surface area contributed by atoms with Gasteiger partial charge in [-0.25, -0.2) is 0 Å². The summed E-state index contributed by atoms with van der Waals surface area (Å²) >= 11 is 0. The van der Waals surface area contributed by atoms with E-state index in [0.29, 0.717) is 12.1 Å². The van der Waals surface area contributed by atoms with Crippen LogP contribution in [0.3, 0.4) is 0 Å². The zero-order chi connectivity index (χ0) is 18.8. The van der Waals surface area contributed by atoms with Crippen molar-refractivity contribution in [1.29, 1.82) is 0 Å². The smallest absolute Gasteiger partial charge is 0.138 e.